The Bertz CT molecular complexity index is 592. The van der Waals surface area contributed by atoms with Gasteiger partial charge in [-0.2, -0.15) is 0 Å². The van der Waals surface area contributed by atoms with Crippen LogP contribution in [0.15, 0.2) is 28.0 Å². The van der Waals surface area contributed by atoms with Gasteiger partial charge in [0.15, 0.2) is 5.96 Å². The molecule has 0 aromatic carbocycles. The summed E-state index contributed by atoms with van der Waals surface area (Å²) in [4.78, 5) is 4.59. The molecule has 2 rings (SSSR count). The summed E-state index contributed by atoms with van der Waals surface area (Å²) in [5, 5.41) is 10.5. The molecule has 0 saturated carbocycles. The van der Waals surface area contributed by atoms with Gasteiger partial charge in [-0.15, -0.1) is 0 Å². The minimum atomic E-state index is 0.651. The van der Waals surface area contributed by atoms with Crippen molar-refractivity contribution in [2.75, 3.05) is 6.54 Å². The number of hydrogen-bond acceptors (Lipinski definition) is 3. The van der Waals surface area contributed by atoms with Gasteiger partial charge < -0.3 is 19.7 Å². The largest absolute Gasteiger partial charge is 0.361 e. The van der Waals surface area contributed by atoms with Crippen LogP contribution in [0.1, 0.15) is 29.5 Å². The molecule has 0 radical (unpaired) electrons. The van der Waals surface area contributed by atoms with E-state index in [-0.39, 0.29) is 0 Å². The van der Waals surface area contributed by atoms with Crippen molar-refractivity contribution in [3.8, 4) is 0 Å². The summed E-state index contributed by atoms with van der Waals surface area (Å²) in [6.45, 7) is 8.05. The number of nitrogens with zero attached hydrogens (tertiary/aromatic N) is 3. The van der Waals surface area contributed by atoms with Crippen LogP contribution < -0.4 is 10.6 Å². The molecule has 0 aliphatic carbocycles. The van der Waals surface area contributed by atoms with Gasteiger partial charge in [0.05, 0.1) is 12.2 Å². The molecule has 0 atom stereocenters. The maximum atomic E-state index is 5.17. The van der Waals surface area contributed by atoms with Gasteiger partial charge in [-0.05, 0) is 32.4 Å². The minimum Gasteiger partial charge on any atom is -0.361 e. The predicted molar refractivity (Wildman–Crippen MR) is 83.0 cm³/mol. The van der Waals surface area contributed by atoms with Crippen LogP contribution in [0, 0.1) is 13.8 Å². The van der Waals surface area contributed by atoms with E-state index in [0.29, 0.717) is 13.1 Å². The molecular formula is C15H23N5O. The smallest absolute Gasteiger partial charge is 0.191 e. The van der Waals surface area contributed by atoms with E-state index in [4.69, 9.17) is 4.52 Å². The van der Waals surface area contributed by atoms with Crippen LogP contribution in [0.5, 0.6) is 0 Å². The van der Waals surface area contributed by atoms with E-state index in [1.807, 2.05) is 31.7 Å². The Hall–Kier alpha value is -2.24. The van der Waals surface area contributed by atoms with Crippen LogP contribution in [0.25, 0.3) is 0 Å². The zero-order valence-corrected chi connectivity index (χ0v) is 13.1. The van der Waals surface area contributed by atoms with Gasteiger partial charge in [0.2, 0.25) is 0 Å². The summed E-state index contributed by atoms with van der Waals surface area (Å²) in [6.07, 6.45) is 4.09. The summed E-state index contributed by atoms with van der Waals surface area (Å²) in [5.41, 5.74) is 3.19. The van der Waals surface area contributed by atoms with Crippen molar-refractivity contribution in [1.29, 1.82) is 0 Å². The second-order valence-electron chi connectivity index (χ2n) is 5.04. The van der Waals surface area contributed by atoms with Gasteiger partial charge in [0, 0.05) is 38.1 Å². The number of guanidine groups is 1. The highest BCUT2D eigenvalue weighted by atomic mass is 16.5. The number of aromatic nitrogens is 2. The summed E-state index contributed by atoms with van der Waals surface area (Å²) in [6, 6.07) is 2.07. The molecule has 6 nitrogen and oxygen atoms in total. The van der Waals surface area contributed by atoms with Crippen LogP contribution in [0.2, 0.25) is 0 Å². The molecule has 114 valence electrons. The Morgan fingerprint density at radius 2 is 2.19 bits per heavy atom. The zero-order valence-electron chi connectivity index (χ0n) is 13.1. The summed E-state index contributed by atoms with van der Waals surface area (Å²) in [7, 11) is 2.01. The SMILES string of the molecule is CCNC(=NCc1ccn(C)c1)NCc1c(C)noc1C. The molecule has 0 spiro atoms. The zero-order chi connectivity index (χ0) is 15.2. The summed E-state index contributed by atoms with van der Waals surface area (Å²) < 4.78 is 7.19. The quantitative estimate of drug-likeness (QED) is 0.651. The normalized spacial score (nSPS) is 11.7. The van der Waals surface area contributed by atoms with Gasteiger partial charge in [0.25, 0.3) is 0 Å². The van der Waals surface area contributed by atoms with E-state index in [0.717, 1.165) is 29.5 Å². The second kappa shape index (κ2) is 6.97. The Balaban J connectivity index is 1.98. The molecule has 0 fully saturated rings. The Morgan fingerprint density at radius 1 is 1.38 bits per heavy atom. The van der Waals surface area contributed by atoms with Gasteiger partial charge >= 0.3 is 0 Å². The Kier molecular flexibility index (Phi) is 5.03. The van der Waals surface area contributed by atoms with Crippen molar-refractivity contribution in [2.45, 2.75) is 33.9 Å². The lowest BCUT2D eigenvalue weighted by Crippen LogP contribution is -2.37. The van der Waals surface area contributed by atoms with Gasteiger partial charge in [-0.25, -0.2) is 4.99 Å². The van der Waals surface area contributed by atoms with E-state index in [2.05, 4.69) is 40.0 Å². The number of aliphatic imine (C=N–C) groups is 1. The van der Waals surface area contributed by atoms with E-state index >= 15 is 0 Å². The molecule has 2 N–H and O–H groups in total. The summed E-state index contributed by atoms with van der Waals surface area (Å²) >= 11 is 0. The van der Waals surface area contributed by atoms with E-state index in [1.54, 1.807) is 0 Å². The highest BCUT2D eigenvalue weighted by molar-refractivity contribution is 5.79. The topological polar surface area (TPSA) is 67.4 Å². The average molecular weight is 289 g/mol. The predicted octanol–water partition coefficient (Wildman–Crippen LogP) is 1.89. The Labute approximate surface area is 125 Å². The molecule has 2 aromatic heterocycles. The van der Waals surface area contributed by atoms with Crippen molar-refractivity contribution < 1.29 is 4.52 Å². The monoisotopic (exact) mass is 289 g/mol. The molecule has 0 aliphatic rings. The molecular weight excluding hydrogens is 266 g/mol. The maximum absolute atomic E-state index is 5.17. The van der Waals surface area contributed by atoms with Gasteiger partial charge in [-0.1, -0.05) is 5.16 Å². The second-order valence-corrected chi connectivity index (χ2v) is 5.04. The minimum absolute atomic E-state index is 0.651. The third kappa shape index (κ3) is 4.11. The molecule has 0 aliphatic heterocycles. The van der Waals surface area contributed by atoms with Crippen molar-refractivity contribution in [2.24, 2.45) is 12.0 Å². The standard InChI is InChI=1S/C15H23N5O/c1-5-16-15(17-8-13-6-7-20(4)10-13)18-9-14-11(2)19-21-12(14)3/h6-7,10H,5,8-9H2,1-4H3,(H2,16,17,18). The van der Waals surface area contributed by atoms with Crippen molar-refractivity contribution in [1.82, 2.24) is 20.4 Å². The third-order valence-electron chi connectivity index (χ3n) is 3.27. The van der Waals surface area contributed by atoms with E-state index < -0.39 is 0 Å². The molecule has 0 unspecified atom stereocenters. The van der Waals surface area contributed by atoms with Crippen LogP contribution >= 0.6 is 0 Å². The van der Waals surface area contributed by atoms with E-state index in [9.17, 15) is 0 Å². The molecule has 2 heterocycles. The maximum Gasteiger partial charge on any atom is 0.191 e. The molecule has 0 bridgehead atoms. The lowest BCUT2D eigenvalue weighted by molar-refractivity contribution is 0.392. The lowest BCUT2D eigenvalue weighted by atomic mass is 10.2. The molecule has 0 amide bonds. The summed E-state index contributed by atoms with van der Waals surface area (Å²) in [5.74, 6) is 1.64. The van der Waals surface area contributed by atoms with Crippen molar-refractivity contribution in [3.05, 3.63) is 41.0 Å². The number of hydrogen-bond donors (Lipinski definition) is 2. The fourth-order valence-corrected chi connectivity index (χ4v) is 2.09. The van der Waals surface area contributed by atoms with Crippen LogP contribution in [-0.2, 0) is 20.1 Å². The van der Waals surface area contributed by atoms with Crippen LogP contribution in [0.3, 0.4) is 0 Å². The van der Waals surface area contributed by atoms with Crippen molar-refractivity contribution in [3.63, 3.8) is 0 Å². The van der Waals surface area contributed by atoms with Gasteiger partial charge in [-0.3, -0.25) is 0 Å². The first kappa shape index (κ1) is 15.2. The molecule has 2 aromatic rings. The fraction of sp³-hybridized carbons (Fsp3) is 0.467. The first-order valence-electron chi connectivity index (χ1n) is 7.15. The number of aryl methyl sites for hydroxylation is 3. The van der Waals surface area contributed by atoms with Crippen LogP contribution in [-0.4, -0.2) is 22.2 Å². The first-order valence-corrected chi connectivity index (χ1v) is 7.15. The number of rotatable bonds is 5. The first-order chi connectivity index (χ1) is 10.1. The van der Waals surface area contributed by atoms with Crippen molar-refractivity contribution >= 4 is 5.96 Å². The third-order valence-corrected chi connectivity index (χ3v) is 3.27. The average Bonchev–Trinajstić information content (AvgIpc) is 3.00. The fourth-order valence-electron chi connectivity index (χ4n) is 2.09. The van der Waals surface area contributed by atoms with E-state index in [1.165, 1.54) is 5.56 Å². The highest BCUT2D eigenvalue weighted by Gasteiger charge is 2.09. The molecule has 6 heteroatoms. The van der Waals surface area contributed by atoms with Gasteiger partial charge in [0.1, 0.15) is 5.76 Å². The highest BCUT2D eigenvalue weighted by Crippen LogP contribution is 2.11. The van der Waals surface area contributed by atoms with Crippen LogP contribution in [0.4, 0.5) is 0 Å². The number of nitrogens with one attached hydrogen (secondary N) is 2. The lowest BCUT2D eigenvalue weighted by Gasteiger charge is -2.10. The molecule has 21 heavy (non-hydrogen) atoms. The molecule has 0 saturated heterocycles. The Morgan fingerprint density at radius 3 is 2.76 bits per heavy atom.